The SMILES string of the molecule is Cc1cc(OCCN2C(=O)N[C@@](C)(c3cc(F)ccc3F)C2=O)ccc1C(C)C. The number of rotatable bonds is 6. The van der Waals surface area contributed by atoms with Crippen LogP contribution in [0.2, 0.25) is 0 Å². The first-order chi connectivity index (χ1) is 13.6. The second kappa shape index (κ2) is 7.81. The summed E-state index contributed by atoms with van der Waals surface area (Å²) in [5, 5.41) is 2.47. The predicted molar refractivity (Wildman–Crippen MR) is 105 cm³/mol. The Morgan fingerprint density at radius 2 is 1.86 bits per heavy atom. The Labute approximate surface area is 168 Å². The molecule has 1 fully saturated rings. The van der Waals surface area contributed by atoms with Crippen LogP contribution in [0.5, 0.6) is 5.75 Å². The molecule has 2 aromatic carbocycles. The van der Waals surface area contributed by atoms with E-state index in [-0.39, 0.29) is 18.7 Å². The highest BCUT2D eigenvalue weighted by Crippen LogP contribution is 2.31. The molecule has 3 rings (SSSR count). The normalized spacial score (nSPS) is 19.1. The summed E-state index contributed by atoms with van der Waals surface area (Å²) < 4.78 is 33.4. The molecule has 0 aromatic heterocycles. The average molecular weight is 402 g/mol. The topological polar surface area (TPSA) is 58.6 Å². The van der Waals surface area contributed by atoms with E-state index in [1.807, 2.05) is 25.1 Å². The molecule has 29 heavy (non-hydrogen) atoms. The van der Waals surface area contributed by atoms with Crippen molar-refractivity contribution in [3.63, 3.8) is 0 Å². The first-order valence-electron chi connectivity index (χ1n) is 9.46. The van der Waals surface area contributed by atoms with Crippen LogP contribution in [-0.2, 0) is 10.3 Å². The number of nitrogens with zero attached hydrogens (tertiary/aromatic N) is 1. The fourth-order valence-electron chi connectivity index (χ4n) is 3.60. The van der Waals surface area contributed by atoms with Crippen molar-refractivity contribution in [2.75, 3.05) is 13.2 Å². The van der Waals surface area contributed by atoms with Gasteiger partial charge in [0, 0.05) is 5.56 Å². The lowest BCUT2D eigenvalue weighted by Gasteiger charge is -2.23. The van der Waals surface area contributed by atoms with Crippen LogP contribution < -0.4 is 10.1 Å². The summed E-state index contributed by atoms with van der Waals surface area (Å²) >= 11 is 0. The Hall–Kier alpha value is -2.96. The van der Waals surface area contributed by atoms with Gasteiger partial charge in [0.25, 0.3) is 5.91 Å². The van der Waals surface area contributed by atoms with Crippen LogP contribution in [0.1, 0.15) is 43.4 Å². The van der Waals surface area contributed by atoms with Gasteiger partial charge in [0.1, 0.15) is 29.5 Å². The first kappa shape index (κ1) is 20.8. The van der Waals surface area contributed by atoms with Gasteiger partial charge < -0.3 is 10.1 Å². The average Bonchev–Trinajstić information content (AvgIpc) is 2.87. The fraction of sp³-hybridized carbons (Fsp3) is 0.364. The van der Waals surface area contributed by atoms with Crippen molar-refractivity contribution in [1.29, 1.82) is 0 Å². The minimum Gasteiger partial charge on any atom is -0.492 e. The number of urea groups is 1. The van der Waals surface area contributed by atoms with Gasteiger partial charge in [0.2, 0.25) is 0 Å². The minimum absolute atomic E-state index is 0.0117. The molecule has 1 aliphatic rings. The van der Waals surface area contributed by atoms with Crippen LogP contribution in [0.15, 0.2) is 36.4 Å². The summed E-state index contributed by atoms with van der Waals surface area (Å²) in [6, 6.07) is 7.90. The molecule has 0 radical (unpaired) electrons. The second-order valence-corrected chi connectivity index (χ2v) is 7.66. The molecule has 0 saturated carbocycles. The van der Waals surface area contributed by atoms with Crippen molar-refractivity contribution in [2.45, 2.75) is 39.2 Å². The van der Waals surface area contributed by atoms with Gasteiger partial charge >= 0.3 is 6.03 Å². The van der Waals surface area contributed by atoms with Gasteiger partial charge in [-0.1, -0.05) is 19.9 Å². The summed E-state index contributed by atoms with van der Waals surface area (Å²) in [6.45, 7) is 7.65. The third kappa shape index (κ3) is 3.95. The number of amides is 3. The van der Waals surface area contributed by atoms with E-state index >= 15 is 0 Å². The van der Waals surface area contributed by atoms with Gasteiger partial charge in [-0.3, -0.25) is 9.69 Å². The monoisotopic (exact) mass is 402 g/mol. The number of carbonyl (C=O) groups excluding carboxylic acids is 2. The molecule has 0 spiro atoms. The summed E-state index contributed by atoms with van der Waals surface area (Å²) in [5.41, 5.74) is 0.443. The Morgan fingerprint density at radius 1 is 1.14 bits per heavy atom. The van der Waals surface area contributed by atoms with Crippen LogP contribution >= 0.6 is 0 Å². The number of imide groups is 1. The van der Waals surface area contributed by atoms with Gasteiger partial charge in [0.15, 0.2) is 0 Å². The van der Waals surface area contributed by atoms with Crippen LogP contribution in [-0.4, -0.2) is 30.0 Å². The molecule has 154 valence electrons. The Kier molecular flexibility index (Phi) is 5.59. The molecule has 1 atom stereocenters. The number of halogens is 2. The lowest BCUT2D eigenvalue weighted by molar-refractivity contribution is -0.131. The number of hydrogen-bond donors (Lipinski definition) is 1. The van der Waals surface area contributed by atoms with E-state index < -0.39 is 29.1 Å². The van der Waals surface area contributed by atoms with E-state index in [0.29, 0.717) is 11.7 Å². The highest BCUT2D eigenvalue weighted by Gasteiger charge is 2.50. The lowest BCUT2D eigenvalue weighted by Crippen LogP contribution is -2.42. The smallest absolute Gasteiger partial charge is 0.325 e. The second-order valence-electron chi connectivity index (χ2n) is 7.66. The van der Waals surface area contributed by atoms with Crippen molar-refractivity contribution < 1.29 is 23.1 Å². The Morgan fingerprint density at radius 3 is 2.52 bits per heavy atom. The summed E-state index contributed by atoms with van der Waals surface area (Å²) in [6.07, 6.45) is 0. The van der Waals surface area contributed by atoms with Gasteiger partial charge in [-0.05, 0) is 61.2 Å². The maximum atomic E-state index is 14.2. The molecule has 1 aliphatic heterocycles. The van der Waals surface area contributed by atoms with E-state index in [4.69, 9.17) is 4.74 Å². The standard InChI is InChI=1S/C22H24F2N2O3/c1-13(2)17-7-6-16(11-14(17)3)29-10-9-26-20(27)22(4,25-21(26)28)18-12-15(23)5-8-19(18)24/h5-8,11-13H,9-10H2,1-4H3,(H,25,28)/t22-/m0/s1. The molecule has 7 heteroatoms. The number of nitrogens with one attached hydrogen (secondary N) is 1. The van der Waals surface area contributed by atoms with Crippen molar-refractivity contribution in [1.82, 2.24) is 10.2 Å². The molecule has 1 N–H and O–H groups in total. The zero-order valence-electron chi connectivity index (χ0n) is 16.9. The molecular formula is C22H24F2N2O3. The van der Waals surface area contributed by atoms with Gasteiger partial charge in [-0.2, -0.15) is 0 Å². The van der Waals surface area contributed by atoms with E-state index in [9.17, 15) is 18.4 Å². The molecule has 5 nitrogen and oxygen atoms in total. The van der Waals surface area contributed by atoms with Crippen LogP contribution in [0.4, 0.5) is 13.6 Å². The highest BCUT2D eigenvalue weighted by atomic mass is 19.1. The number of aryl methyl sites for hydroxylation is 1. The summed E-state index contributed by atoms with van der Waals surface area (Å²) in [5.74, 6) is -1.07. The van der Waals surface area contributed by atoms with Crippen molar-refractivity contribution >= 4 is 11.9 Å². The lowest BCUT2D eigenvalue weighted by atomic mass is 9.91. The molecule has 0 unspecified atom stereocenters. The molecule has 0 aliphatic carbocycles. The minimum atomic E-state index is -1.67. The molecule has 1 saturated heterocycles. The first-order valence-corrected chi connectivity index (χ1v) is 9.46. The van der Waals surface area contributed by atoms with Crippen molar-refractivity contribution in [3.8, 4) is 5.75 Å². The summed E-state index contributed by atoms with van der Waals surface area (Å²) in [4.78, 5) is 26.1. The van der Waals surface area contributed by atoms with Crippen molar-refractivity contribution in [2.24, 2.45) is 0 Å². The molecule has 2 aromatic rings. The molecule has 3 amide bonds. The van der Waals surface area contributed by atoms with Gasteiger partial charge in [0.05, 0.1) is 6.54 Å². The van der Waals surface area contributed by atoms with E-state index in [1.54, 1.807) is 0 Å². The van der Waals surface area contributed by atoms with Crippen LogP contribution in [0.25, 0.3) is 0 Å². The van der Waals surface area contributed by atoms with Gasteiger partial charge in [-0.15, -0.1) is 0 Å². The van der Waals surface area contributed by atoms with E-state index in [1.165, 1.54) is 12.5 Å². The van der Waals surface area contributed by atoms with Gasteiger partial charge in [-0.25, -0.2) is 13.6 Å². The van der Waals surface area contributed by atoms with Crippen molar-refractivity contribution in [3.05, 3.63) is 64.7 Å². The number of hydrogen-bond acceptors (Lipinski definition) is 3. The maximum Gasteiger partial charge on any atom is 0.325 e. The highest BCUT2D eigenvalue weighted by molar-refractivity contribution is 6.07. The van der Waals surface area contributed by atoms with Crippen LogP contribution in [0.3, 0.4) is 0 Å². The third-order valence-electron chi connectivity index (χ3n) is 5.19. The van der Waals surface area contributed by atoms with E-state index in [2.05, 4.69) is 19.2 Å². The quantitative estimate of drug-likeness (QED) is 0.735. The predicted octanol–water partition coefficient (Wildman–Crippen LogP) is 4.24. The number of benzene rings is 2. The number of carbonyl (C=O) groups is 2. The zero-order valence-corrected chi connectivity index (χ0v) is 16.9. The molecular weight excluding hydrogens is 378 g/mol. The summed E-state index contributed by atoms with van der Waals surface area (Å²) in [7, 11) is 0. The molecule has 1 heterocycles. The Balaban J connectivity index is 1.69. The van der Waals surface area contributed by atoms with E-state index in [0.717, 1.165) is 28.7 Å². The van der Waals surface area contributed by atoms with Crippen LogP contribution in [0, 0.1) is 18.6 Å². The number of ether oxygens (including phenoxy) is 1. The largest absolute Gasteiger partial charge is 0.492 e. The fourth-order valence-corrected chi connectivity index (χ4v) is 3.60. The third-order valence-corrected chi connectivity index (χ3v) is 5.19. The zero-order chi connectivity index (χ0) is 21.3. The Bertz CT molecular complexity index is 961. The maximum absolute atomic E-state index is 14.2. The molecule has 0 bridgehead atoms.